The van der Waals surface area contributed by atoms with Gasteiger partial charge in [0.15, 0.2) is 11.5 Å². The summed E-state index contributed by atoms with van der Waals surface area (Å²) in [5.41, 5.74) is 0.751. The van der Waals surface area contributed by atoms with Crippen LogP contribution in [0.3, 0.4) is 0 Å². The fourth-order valence-corrected chi connectivity index (χ4v) is 1.93. The first kappa shape index (κ1) is 5.97. The third kappa shape index (κ3) is 0.686. The van der Waals surface area contributed by atoms with Crippen LogP contribution in [0.1, 0.15) is 0 Å². The van der Waals surface area contributed by atoms with Gasteiger partial charge in [0.2, 0.25) is 0 Å². The lowest BCUT2D eigenvalue weighted by Gasteiger charge is -2.10. The molecule has 0 N–H and O–H groups in total. The molecular weight excluding hydrogens is 148 g/mol. The lowest BCUT2D eigenvalue weighted by molar-refractivity contribution is -0.105. The molecule has 2 rings (SSSR count). The van der Waals surface area contributed by atoms with Gasteiger partial charge in [-0.25, -0.2) is 0 Å². The number of hydrogen-bond acceptors (Lipinski definition) is 4. The molecule has 0 saturated carbocycles. The van der Waals surface area contributed by atoms with Crippen LogP contribution >= 0.6 is 11.8 Å². The Morgan fingerprint density at radius 1 is 1.80 bits per heavy atom. The van der Waals surface area contributed by atoms with Crippen molar-refractivity contribution in [1.82, 2.24) is 4.90 Å². The Labute approximate surface area is 62.8 Å². The van der Waals surface area contributed by atoms with E-state index in [1.807, 2.05) is 10.3 Å². The monoisotopic (exact) mass is 154 g/mol. The van der Waals surface area contributed by atoms with E-state index in [1.165, 1.54) is 11.8 Å². The van der Waals surface area contributed by atoms with Gasteiger partial charge >= 0.3 is 0 Å². The van der Waals surface area contributed by atoms with Crippen molar-refractivity contribution in [3.05, 3.63) is 11.1 Å². The number of carbonyl (C=O) groups is 1. The molecule has 0 saturated heterocycles. The molecule has 0 bridgehead atoms. The standard InChI is InChI=1S/C6H6N2OS/c9-3-5-4-10-6-7-1-2-8(5)6/h3-4H,1-2H2. The average Bonchev–Trinajstić information content (AvgIpc) is 2.44. The van der Waals surface area contributed by atoms with Crippen molar-refractivity contribution in [2.45, 2.75) is 0 Å². The highest BCUT2D eigenvalue weighted by molar-refractivity contribution is 8.16. The Bertz CT molecular complexity index is 234. The molecule has 0 amide bonds. The molecular formula is C6H6N2OS. The predicted molar refractivity (Wildman–Crippen MR) is 40.7 cm³/mol. The van der Waals surface area contributed by atoms with Gasteiger partial charge < -0.3 is 4.90 Å². The van der Waals surface area contributed by atoms with Gasteiger partial charge in [0.1, 0.15) is 0 Å². The Kier molecular flexibility index (Phi) is 1.27. The van der Waals surface area contributed by atoms with Crippen LogP contribution in [-0.4, -0.2) is 29.4 Å². The molecule has 3 nitrogen and oxygen atoms in total. The smallest absolute Gasteiger partial charge is 0.168 e. The van der Waals surface area contributed by atoms with Gasteiger partial charge in [0, 0.05) is 12.0 Å². The summed E-state index contributed by atoms with van der Waals surface area (Å²) in [6, 6.07) is 0. The second-order valence-electron chi connectivity index (χ2n) is 2.09. The number of rotatable bonds is 1. The summed E-state index contributed by atoms with van der Waals surface area (Å²) in [4.78, 5) is 16.5. The first-order chi connectivity index (χ1) is 4.92. The highest BCUT2D eigenvalue weighted by Gasteiger charge is 2.25. The van der Waals surface area contributed by atoms with Gasteiger partial charge in [-0.3, -0.25) is 9.79 Å². The molecule has 0 aliphatic carbocycles. The van der Waals surface area contributed by atoms with E-state index in [9.17, 15) is 4.79 Å². The Morgan fingerprint density at radius 2 is 2.70 bits per heavy atom. The van der Waals surface area contributed by atoms with Crippen LogP contribution in [0.5, 0.6) is 0 Å². The van der Waals surface area contributed by atoms with Gasteiger partial charge in [0.05, 0.1) is 12.2 Å². The molecule has 52 valence electrons. The summed E-state index contributed by atoms with van der Waals surface area (Å²) < 4.78 is 0. The molecule has 0 fully saturated rings. The highest BCUT2D eigenvalue weighted by Crippen LogP contribution is 2.27. The zero-order chi connectivity index (χ0) is 6.97. The van der Waals surface area contributed by atoms with Crippen molar-refractivity contribution in [3.63, 3.8) is 0 Å². The Morgan fingerprint density at radius 3 is 3.50 bits per heavy atom. The first-order valence-corrected chi connectivity index (χ1v) is 3.94. The summed E-state index contributed by atoms with van der Waals surface area (Å²) in [7, 11) is 0. The molecule has 2 heterocycles. The van der Waals surface area contributed by atoms with Crippen LogP contribution in [0.15, 0.2) is 16.1 Å². The van der Waals surface area contributed by atoms with E-state index < -0.39 is 0 Å². The van der Waals surface area contributed by atoms with Crippen LogP contribution in [0.2, 0.25) is 0 Å². The van der Waals surface area contributed by atoms with Crippen molar-refractivity contribution < 1.29 is 4.79 Å². The quantitative estimate of drug-likeness (QED) is 0.514. The van der Waals surface area contributed by atoms with Crippen LogP contribution < -0.4 is 0 Å². The number of hydrogen-bond donors (Lipinski definition) is 0. The molecule has 0 aromatic rings. The number of nitrogens with zero attached hydrogens (tertiary/aromatic N) is 2. The van der Waals surface area contributed by atoms with Crippen molar-refractivity contribution in [2.75, 3.05) is 13.1 Å². The van der Waals surface area contributed by atoms with Crippen molar-refractivity contribution in [3.8, 4) is 0 Å². The van der Waals surface area contributed by atoms with Gasteiger partial charge in [-0.15, -0.1) is 0 Å². The number of carbonyl (C=O) groups excluding carboxylic acids is 1. The fourth-order valence-electron chi connectivity index (χ4n) is 1.04. The minimum Gasteiger partial charge on any atom is -0.316 e. The first-order valence-electron chi connectivity index (χ1n) is 3.06. The number of thioether (sulfide) groups is 1. The zero-order valence-corrected chi connectivity index (χ0v) is 6.10. The van der Waals surface area contributed by atoms with Gasteiger partial charge in [-0.1, -0.05) is 11.8 Å². The molecule has 0 atom stereocenters. The maximum atomic E-state index is 10.4. The molecule has 0 radical (unpaired) electrons. The van der Waals surface area contributed by atoms with Gasteiger partial charge in [0.25, 0.3) is 0 Å². The molecule has 0 spiro atoms. The van der Waals surface area contributed by atoms with Crippen LogP contribution in [0.4, 0.5) is 0 Å². The second kappa shape index (κ2) is 2.12. The summed E-state index contributed by atoms with van der Waals surface area (Å²) in [6.45, 7) is 1.69. The number of aldehydes is 1. The SMILES string of the molecule is O=CC1=CSC2=NCCN12. The maximum Gasteiger partial charge on any atom is 0.168 e. The van der Waals surface area contributed by atoms with E-state index in [2.05, 4.69) is 4.99 Å². The number of allylic oxidation sites excluding steroid dienone is 1. The van der Waals surface area contributed by atoms with E-state index in [-0.39, 0.29) is 0 Å². The number of aliphatic imine (C=N–C) groups is 1. The lowest BCUT2D eigenvalue weighted by atomic mass is 10.5. The molecule has 0 aromatic carbocycles. The minimum absolute atomic E-state index is 0.751. The second-order valence-corrected chi connectivity index (χ2v) is 2.93. The molecule has 2 aliphatic heterocycles. The van der Waals surface area contributed by atoms with Crippen molar-refractivity contribution in [1.29, 1.82) is 0 Å². The third-order valence-corrected chi connectivity index (χ3v) is 2.44. The lowest BCUT2D eigenvalue weighted by Crippen LogP contribution is -2.21. The third-order valence-electron chi connectivity index (χ3n) is 1.52. The Hall–Kier alpha value is -0.770. The van der Waals surface area contributed by atoms with E-state index in [4.69, 9.17) is 0 Å². The average molecular weight is 154 g/mol. The summed E-state index contributed by atoms with van der Waals surface area (Å²) in [6.07, 6.45) is 0.876. The molecule has 2 aliphatic rings. The van der Waals surface area contributed by atoms with Crippen LogP contribution in [-0.2, 0) is 4.79 Å². The maximum absolute atomic E-state index is 10.4. The largest absolute Gasteiger partial charge is 0.316 e. The molecule has 0 aromatic heterocycles. The van der Waals surface area contributed by atoms with Crippen LogP contribution in [0.25, 0.3) is 0 Å². The molecule has 0 unspecified atom stereocenters. The fraction of sp³-hybridized carbons (Fsp3) is 0.333. The number of fused-ring (bicyclic) bond motifs is 1. The summed E-state index contributed by atoms with van der Waals surface area (Å²) in [5.74, 6) is 0. The number of amidine groups is 1. The van der Waals surface area contributed by atoms with Crippen molar-refractivity contribution >= 4 is 23.2 Å². The molecule has 4 heteroatoms. The predicted octanol–water partition coefficient (Wildman–Crippen LogP) is 0.445. The normalized spacial score (nSPS) is 22.2. The van der Waals surface area contributed by atoms with E-state index >= 15 is 0 Å². The summed E-state index contributed by atoms with van der Waals surface area (Å²) >= 11 is 1.53. The van der Waals surface area contributed by atoms with Gasteiger partial charge in [-0.05, 0) is 0 Å². The van der Waals surface area contributed by atoms with E-state index in [1.54, 1.807) is 0 Å². The molecule has 10 heavy (non-hydrogen) atoms. The minimum atomic E-state index is 0.751. The zero-order valence-electron chi connectivity index (χ0n) is 5.28. The topological polar surface area (TPSA) is 32.7 Å². The summed E-state index contributed by atoms with van der Waals surface area (Å²) in [5, 5.41) is 2.81. The Balaban J connectivity index is 2.27. The highest BCUT2D eigenvalue weighted by atomic mass is 32.2. The van der Waals surface area contributed by atoms with Crippen LogP contribution in [0, 0.1) is 0 Å². The van der Waals surface area contributed by atoms with Gasteiger partial charge in [-0.2, -0.15) is 0 Å². The van der Waals surface area contributed by atoms with E-state index in [0.29, 0.717) is 0 Å². The van der Waals surface area contributed by atoms with E-state index in [0.717, 1.165) is 30.2 Å². The van der Waals surface area contributed by atoms with Crippen molar-refractivity contribution in [2.24, 2.45) is 4.99 Å².